The number of ether oxygens (including phenoxy) is 2. The van der Waals surface area contributed by atoms with E-state index in [1.165, 1.54) is 24.7 Å². The lowest BCUT2D eigenvalue weighted by molar-refractivity contribution is -0.130. The number of rotatable bonds is 7. The summed E-state index contributed by atoms with van der Waals surface area (Å²) >= 11 is 7.47. The molecule has 7 heteroatoms. The van der Waals surface area contributed by atoms with E-state index in [0.29, 0.717) is 16.5 Å². The zero-order chi connectivity index (χ0) is 20.1. The number of aliphatic carboxylic acids is 1. The van der Waals surface area contributed by atoms with Crippen molar-refractivity contribution in [2.45, 2.75) is 13.5 Å². The minimum atomic E-state index is -1.07. The van der Waals surface area contributed by atoms with Gasteiger partial charge in [0.2, 0.25) is 5.88 Å². The van der Waals surface area contributed by atoms with Gasteiger partial charge in [0.25, 0.3) is 0 Å². The van der Waals surface area contributed by atoms with Crippen LogP contribution in [0.2, 0.25) is 5.02 Å². The molecule has 0 saturated heterocycles. The van der Waals surface area contributed by atoms with Crippen LogP contribution in [-0.4, -0.2) is 23.2 Å². The number of halogens is 1. The van der Waals surface area contributed by atoms with Gasteiger partial charge in [-0.1, -0.05) is 48.0 Å². The zero-order valence-electron chi connectivity index (χ0n) is 15.3. The highest BCUT2D eigenvalue weighted by atomic mass is 35.5. The molecule has 1 N–H and O–H groups in total. The van der Waals surface area contributed by atoms with Crippen molar-refractivity contribution in [2.75, 3.05) is 7.11 Å². The Labute approximate surface area is 171 Å². The van der Waals surface area contributed by atoms with E-state index in [4.69, 9.17) is 21.1 Å². The molecule has 0 unspecified atom stereocenters. The Bertz CT molecular complexity index is 1010. The van der Waals surface area contributed by atoms with Crippen molar-refractivity contribution in [3.05, 3.63) is 75.8 Å². The van der Waals surface area contributed by atoms with Crippen LogP contribution in [0.4, 0.5) is 0 Å². The molecule has 144 valence electrons. The Morgan fingerprint density at radius 2 is 1.93 bits per heavy atom. The molecule has 0 radical (unpaired) electrons. The summed E-state index contributed by atoms with van der Waals surface area (Å²) in [5, 5.41) is 11.0. The van der Waals surface area contributed by atoms with Crippen LogP contribution in [0, 0.1) is 6.92 Å². The molecule has 0 amide bonds. The average molecular weight is 416 g/mol. The van der Waals surface area contributed by atoms with Gasteiger partial charge in [-0.05, 0) is 30.2 Å². The van der Waals surface area contributed by atoms with Gasteiger partial charge in [-0.2, -0.15) is 0 Å². The van der Waals surface area contributed by atoms with Gasteiger partial charge in [-0.25, -0.2) is 9.78 Å². The third-order valence-corrected chi connectivity index (χ3v) is 5.24. The van der Waals surface area contributed by atoms with Gasteiger partial charge >= 0.3 is 5.97 Å². The monoisotopic (exact) mass is 415 g/mol. The number of carbonyl (C=O) groups is 1. The Balaban J connectivity index is 1.83. The van der Waals surface area contributed by atoms with Crippen molar-refractivity contribution in [1.29, 1.82) is 0 Å². The molecule has 0 spiro atoms. The van der Waals surface area contributed by atoms with Gasteiger partial charge in [-0.15, -0.1) is 11.3 Å². The lowest BCUT2D eigenvalue weighted by Gasteiger charge is -2.11. The lowest BCUT2D eigenvalue weighted by Crippen LogP contribution is -2.06. The van der Waals surface area contributed by atoms with Gasteiger partial charge in [0, 0.05) is 10.6 Å². The SMILES string of the molecule is CO/C=C(/C(=O)O)c1ccccc1COc1nc(-c2ccc(Cl)cc2)sc1C. The second-order valence-electron chi connectivity index (χ2n) is 5.91. The molecule has 0 saturated carbocycles. The highest BCUT2D eigenvalue weighted by molar-refractivity contribution is 7.15. The number of methoxy groups -OCH3 is 1. The number of thiazole rings is 1. The Morgan fingerprint density at radius 3 is 2.61 bits per heavy atom. The summed E-state index contributed by atoms with van der Waals surface area (Å²) in [5.74, 6) is -0.540. The number of aromatic nitrogens is 1. The van der Waals surface area contributed by atoms with Crippen molar-refractivity contribution in [3.63, 3.8) is 0 Å². The van der Waals surface area contributed by atoms with Gasteiger partial charge < -0.3 is 14.6 Å². The molecular formula is C21H18ClNO4S. The van der Waals surface area contributed by atoms with Crippen molar-refractivity contribution in [2.24, 2.45) is 0 Å². The predicted octanol–water partition coefficient (Wildman–Crippen LogP) is 5.42. The maximum Gasteiger partial charge on any atom is 0.339 e. The molecule has 0 fully saturated rings. The molecule has 0 aliphatic rings. The van der Waals surface area contributed by atoms with Crippen LogP contribution in [0.5, 0.6) is 5.88 Å². The molecule has 0 aliphatic carbocycles. The molecule has 2 aromatic carbocycles. The normalized spacial score (nSPS) is 11.3. The first-order valence-electron chi connectivity index (χ1n) is 8.40. The summed E-state index contributed by atoms with van der Waals surface area (Å²) < 4.78 is 10.8. The number of carboxylic acids is 1. The summed E-state index contributed by atoms with van der Waals surface area (Å²) in [7, 11) is 1.42. The molecule has 0 bridgehead atoms. The molecule has 0 atom stereocenters. The van der Waals surface area contributed by atoms with Crippen LogP contribution < -0.4 is 4.74 Å². The van der Waals surface area contributed by atoms with Gasteiger partial charge in [0.15, 0.2) is 0 Å². The van der Waals surface area contributed by atoms with Crippen LogP contribution in [0.25, 0.3) is 16.1 Å². The van der Waals surface area contributed by atoms with Crippen molar-refractivity contribution < 1.29 is 19.4 Å². The number of aryl methyl sites for hydroxylation is 1. The minimum Gasteiger partial charge on any atom is -0.503 e. The summed E-state index contributed by atoms with van der Waals surface area (Å²) in [6, 6.07) is 14.6. The van der Waals surface area contributed by atoms with E-state index in [2.05, 4.69) is 4.98 Å². The molecule has 0 aliphatic heterocycles. The first-order chi connectivity index (χ1) is 13.5. The molecule has 5 nitrogen and oxygen atoms in total. The molecule has 3 rings (SSSR count). The van der Waals surface area contributed by atoms with E-state index in [1.807, 2.05) is 43.3 Å². The first-order valence-corrected chi connectivity index (χ1v) is 9.59. The third-order valence-electron chi connectivity index (χ3n) is 3.98. The third kappa shape index (κ3) is 4.52. The van der Waals surface area contributed by atoms with E-state index < -0.39 is 5.97 Å². The van der Waals surface area contributed by atoms with Crippen LogP contribution in [-0.2, 0) is 16.1 Å². The number of hydrogen-bond acceptors (Lipinski definition) is 5. The summed E-state index contributed by atoms with van der Waals surface area (Å²) in [4.78, 5) is 17.1. The van der Waals surface area contributed by atoms with Crippen molar-refractivity contribution in [3.8, 4) is 16.5 Å². The molecule has 3 aromatic rings. The van der Waals surface area contributed by atoms with E-state index in [0.717, 1.165) is 21.0 Å². The Morgan fingerprint density at radius 1 is 1.21 bits per heavy atom. The predicted molar refractivity (Wildman–Crippen MR) is 111 cm³/mol. The smallest absolute Gasteiger partial charge is 0.339 e. The fourth-order valence-corrected chi connectivity index (χ4v) is 3.62. The van der Waals surface area contributed by atoms with Crippen LogP contribution in [0.3, 0.4) is 0 Å². The minimum absolute atomic E-state index is 0.0681. The quantitative estimate of drug-likeness (QED) is 0.412. The number of hydrogen-bond donors (Lipinski definition) is 1. The van der Waals surface area contributed by atoms with Crippen LogP contribution >= 0.6 is 22.9 Å². The lowest BCUT2D eigenvalue weighted by atomic mass is 10.0. The summed E-state index contributed by atoms with van der Waals surface area (Å²) in [6.07, 6.45) is 1.22. The van der Waals surface area contributed by atoms with E-state index in [9.17, 15) is 9.90 Å². The number of nitrogens with zero attached hydrogens (tertiary/aromatic N) is 1. The average Bonchev–Trinajstić information content (AvgIpc) is 3.06. The van der Waals surface area contributed by atoms with Crippen molar-refractivity contribution in [1.82, 2.24) is 4.98 Å². The highest BCUT2D eigenvalue weighted by Crippen LogP contribution is 2.33. The maximum absolute atomic E-state index is 11.5. The zero-order valence-corrected chi connectivity index (χ0v) is 16.9. The fraction of sp³-hybridized carbons (Fsp3) is 0.143. The van der Waals surface area contributed by atoms with E-state index in [1.54, 1.807) is 12.1 Å². The van der Waals surface area contributed by atoms with Gasteiger partial charge in [0.1, 0.15) is 17.2 Å². The second-order valence-corrected chi connectivity index (χ2v) is 7.55. The molecular weight excluding hydrogens is 398 g/mol. The van der Waals surface area contributed by atoms with Crippen LogP contribution in [0.15, 0.2) is 54.8 Å². The fourth-order valence-electron chi connectivity index (χ4n) is 2.63. The highest BCUT2D eigenvalue weighted by Gasteiger charge is 2.16. The summed E-state index contributed by atoms with van der Waals surface area (Å²) in [6.45, 7) is 2.13. The molecule has 1 aromatic heterocycles. The standard InChI is InChI=1S/C21H18ClNO4S/c1-13-19(23-20(28-13)14-7-9-16(22)10-8-14)27-11-15-5-3-4-6-17(15)18(12-26-2)21(24)25/h3-10,12H,11H2,1-2H3,(H,24,25)/b18-12+. The second kappa shape index (κ2) is 8.91. The molecule has 1 heterocycles. The van der Waals surface area contributed by atoms with E-state index >= 15 is 0 Å². The largest absolute Gasteiger partial charge is 0.503 e. The maximum atomic E-state index is 11.5. The Kier molecular flexibility index (Phi) is 6.34. The molecule has 28 heavy (non-hydrogen) atoms. The van der Waals surface area contributed by atoms with Gasteiger partial charge in [-0.3, -0.25) is 0 Å². The Hall–Kier alpha value is -2.83. The van der Waals surface area contributed by atoms with Crippen LogP contribution in [0.1, 0.15) is 16.0 Å². The summed E-state index contributed by atoms with van der Waals surface area (Å²) in [5.41, 5.74) is 2.30. The number of benzene rings is 2. The first kappa shape index (κ1) is 19.9. The topological polar surface area (TPSA) is 68.7 Å². The van der Waals surface area contributed by atoms with Gasteiger partial charge in [0.05, 0.1) is 18.2 Å². The van der Waals surface area contributed by atoms with Crippen molar-refractivity contribution >= 4 is 34.5 Å². The van der Waals surface area contributed by atoms with E-state index in [-0.39, 0.29) is 12.2 Å². The number of carboxylic acid groups (broad SMARTS) is 1.